The van der Waals surface area contributed by atoms with Crippen LogP contribution >= 0.6 is 11.8 Å². The van der Waals surface area contributed by atoms with Crippen LogP contribution in [0.1, 0.15) is 12.8 Å². The lowest BCUT2D eigenvalue weighted by Gasteiger charge is -2.25. The molecule has 1 fully saturated rings. The van der Waals surface area contributed by atoms with E-state index in [0.29, 0.717) is 16.6 Å². The highest BCUT2D eigenvalue weighted by molar-refractivity contribution is 7.99. The number of nitro groups is 1. The molecule has 6 heteroatoms. The minimum atomic E-state index is -0.575. The molecule has 1 aliphatic carbocycles. The molecule has 1 aromatic carbocycles. The fraction of sp³-hybridized carbons (Fsp3) is 0.462. The summed E-state index contributed by atoms with van der Waals surface area (Å²) < 4.78 is 0. The van der Waals surface area contributed by atoms with E-state index in [1.807, 2.05) is 0 Å². The summed E-state index contributed by atoms with van der Waals surface area (Å²) in [6.45, 7) is 0. The summed E-state index contributed by atoms with van der Waals surface area (Å²) in [7, 11) is 1.78. The Kier molecular flexibility index (Phi) is 4.08. The molecule has 19 heavy (non-hydrogen) atoms. The molecule has 1 aromatic rings. The number of benzene rings is 1. The summed E-state index contributed by atoms with van der Waals surface area (Å²) in [5.74, 6) is 0.882. The zero-order chi connectivity index (χ0) is 13.9. The molecule has 0 spiro atoms. The third-order valence-corrected chi connectivity index (χ3v) is 4.69. The molecule has 1 saturated carbocycles. The van der Waals surface area contributed by atoms with Gasteiger partial charge in [0.05, 0.1) is 15.9 Å². The molecule has 1 atom stereocenters. The molecular weight excluding hydrogens is 262 g/mol. The van der Waals surface area contributed by atoms with Crippen molar-refractivity contribution in [1.29, 1.82) is 5.26 Å². The number of hydrogen-bond acceptors (Lipinski definition) is 5. The summed E-state index contributed by atoms with van der Waals surface area (Å²) in [6, 6.07) is 9.00. The average Bonchev–Trinajstić information content (AvgIpc) is 3.26. The molecular formula is C13H15N3O2S. The largest absolute Gasteiger partial charge is 0.302 e. The summed E-state index contributed by atoms with van der Waals surface area (Å²) in [5.41, 5.74) is -0.472. The Balaban J connectivity index is 2.14. The smallest absolute Gasteiger partial charge is 0.282 e. The molecule has 100 valence electrons. The van der Waals surface area contributed by atoms with Crippen molar-refractivity contribution < 1.29 is 4.92 Å². The summed E-state index contributed by atoms with van der Waals surface area (Å²) in [5, 5.41) is 23.4. The van der Waals surface area contributed by atoms with Gasteiger partial charge in [0.2, 0.25) is 0 Å². The van der Waals surface area contributed by atoms with E-state index in [1.165, 1.54) is 17.8 Å². The third kappa shape index (κ3) is 2.88. The van der Waals surface area contributed by atoms with Gasteiger partial charge >= 0.3 is 0 Å². The van der Waals surface area contributed by atoms with E-state index < -0.39 is 5.54 Å². The lowest BCUT2D eigenvalue weighted by Crippen LogP contribution is -2.46. The first-order valence-electron chi connectivity index (χ1n) is 6.09. The van der Waals surface area contributed by atoms with Crippen molar-refractivity contribution in [2.45, 2.75) is 23.3 Å². The van der Waals surface area contributed by atoms with E-state index in [0.717, 1.165) is 12.8 Å². The van der Waals surface area contributed by atoms with Crippen molar-refractivity contribution in [3.8, 4) is 6.07 Å². The van der Waals surface area contributed by atoms with Crippen LogP contribution in [0.5, 0.6) is 0 Å². The summed E-state index contributed by atoms with van der Waals surface area (Å²) in [4.78, 5) is 11.2. The van der Waals surface area contributed by atoms with Crippen LogP contribution in [0.3, 0.4) is 0 Å². The van der Waals surface area contributed by atoms with Crippen LogP contribution in [-0.4, -0.2) is 23.3 Å². The molecule has 0 aromatic heterocycles. The second kappa shape index (κ2) is 5.59. The lowest BCUT2D eigenvalue weighted by molar-refractivity contribution is -0.387. The number of nitriles is 1. The molecule has 2 rings (SSSR count). The third-order valence-electron chi connectivity index (χ3n) is 3.44. The molecule has 0 radical (unpaired) electrons. The number of hydrogen-bond donors (Lipinski definition) is 1. The van der Waals surface area contributed by atoms with Crippen LogP contribution in [-0.2, 0) is 0 Å². The van der Waals surface area contributed by atoms with Crippen LogP contribution in [0, 0.1) is 27.4 Å². The Bertz CT molecular complexity index is 525. The van der Waals surface area contributed by atoms with E-state index in [1.54, 1.807) is 25.2 Å². The van der Waals surface area contributed by atoms with Crippen LogP contribution in [0.25, 0.3) is 0 Å². The second-order valence-electron chi connectivity index (χ2n) is 4.62. The maximum Gasteiger partial charge on any atom is 0.282 e. The second-order valence-corrected chi connectivity index (χ2v) is 5.64. The zero-order valence-electron chi connectivity index (χ0n) is 10.6. The number of nitrogens with zero attached hydrogens (tertiary/aromatic N) is 2. The van der Waals surface area contributed by atoms with E-state index in [9.17, 15) is 15.4 Å². The van der Waals surface area contributed by atoms with Crippen LogP contribution in [0.15, 0.2) is 29.2 Å². The van der Waals surface area contributed by atoms with Gasteiger partial charge in [0.1, 0.15) is 5.54 Å². The number of nitro benzene ring substituents is 1. The van der Waals surface area contributed by atoms with Gasteiger partial charge in [-0.15, -0.1) is 11.8 Å². The molecule has 0 aliphatic heterocycles. The molecule has 5 nitrogen and oxygen atoms in total. The van der Waals surface area contributed by atoms with Crippen molar-refractivity contribution in [2.24, 2.45) is 5.92 Å². The van der Waals surface area contributed by atoms with Crippen molar-refractivity contribution in [1.82, 2.24) is 5.32 Å². The number of nitrogens with one attached hydrogen (secondary N) is 1. The van der Waals surface area contributed by atoms with Crippen molar-refractivity contribution in [2.75, 3.05) is 12.8 Å². The van der Waals surface area contributed by atoms with Gasteiger partial charge in [0.25, 0.3) is 5.69 Å². The van der Waals surface area contributed by atoms with Crippen molar-refractivity contribution in [3.63, 3.8) is 0 Å². The SMILES string of the molecule is CNC(C#N)(CSc1ccccc1[N+](=O)[O-])C1CC1. The highest BCUT2D eigenvalue weighted by Crippen LogP contribution is 2.42. The quantitative estimate of drug-likeness (QED) is 0.491. The van der Waals surface area contributed by atoms with Crippen molar-refractivity contribution >= 4 is 17.4 Å². The van der Waals surface area contributed by atoms with Gasteiger partial charge in [0.15, 0.2) is 0 Å². The Morgan fingerprint density at radius 1 is 1.58 bits per heavy atom. The zero-order valence-corrected chi connectivity index (χ0v) is 11.4. The Morgan fingerprint density at radius 3 is 2.79 bits per heavy atom. The normalized spacial score (nSPS) is 17.5. The highest BCUT2D eigenvalue weighted by Gasteiger charge is 2.44. The van der Waals surface area contributed by atoms with Gasteiger partial charge in [-0.25, -0.2) is 0 Å². The van der Waals surface area contributed by atoms with E-state index in [-0.39, 0.29) is 10.6 Å². The standard InChI is InChI=1S/C13H15N3O2S/c1-15-13(8-14,10-6-7-10)9-19-12-5-3-2-4-11(12)16(17)18/h2-5,10,15H,6-7,9H2,1H3. The van der Waals surface area contributed by atoms with Gasteiger partial charge in [-0.2, -0.15) is 5.26 Å². The first-order chi connectivity index (χ1) is 9.13. The predicted molar refractivity (Wildman–Crippen MR) is 73.9 cm³/mol. The Morgan fingerprint density at radius 2 is 2.26 bits per heavy atom. The molecule has 1 N–H and O–H groups in total. The number of rotatable bonds is 6. The minimum absolute atomic E-state index is 0.103. The van der Waals surface area contributed by atoms with E-state index >= 15 is 0 Å². The maximum absolute atomic E-state index is 10.9. The molecule has 0 heterocycles. The molecule has 0 bridgehead atoms. The maximum atomic E-state index is 10.9. The van der Waals surface area contributed by atoms with Crippen LogP contribution in [0.4, 0.5) is 5.69 Å². The van der Waals surface area contributed by atoms with Crippen molar-refractivity contribution in [3.05, 3.63) is 34.4 Å². The molecule has 1 unspecified atom stereocenters. The lowest BCUT2D eigenvalue weighted by atomic mass is 9.98. The average molecular weight is 277 g/mol. The summed E-state index contributed by atoms with van der Waals surface area (Å²) >= 11 is 1.37. The topological polar surface area (TPSA) is 79.0 Å². The predicted octanol–water partition coefficient (Wildman–Crippen LogP) is 2.58. The van der Waals surface area contributed by atoms with Crippen LogP contribution in [0.2, 0.25) is 0 Å². The first kappa shape index (κ1) is 13.8. The monoisotopic (exact) mass is 277 g/mol. The van der Waals surface area contributed by atoms with E-state index in [2.05, 4.69) is 11.4 Å². The first-order valence-corrected chi connectivity index (χ1v) is 7.08. The molecule has 0 saturated heterocycles. The minimum Gasteiger partial charge on any atom is -0.302 e. The molecule has 0 amide bonds. The fourth-order valence-electron chi connectivity index (χ4n) is 2.07. The fourth-order valence-corrected chi connectivity index (χ4v) is 3.36. The highest BCUT2D eigenvalue weighted by atomic mass is 32.2. The Labute approximate surface area is 116 Å². The molecule has 1 aliphatic rings. The number of para-hydroxylation sites is 1. The van der Waals surface area contributed by atoms with Gasteiger partial charge in [-0.1, -0.05) is 12.1 Å². The van der Waals surface area contributed by atoms with Gasteiger partial charge in [-0.3, -0.25) is 10.1 Å². The Hall–Kier alpha value is -1.58. The van der Waals surface area contributed by atoms with Gasteiger partial charge < -0.3 is 5.32 Å². The van der Waals surface area contributed by atoms with Crippen LogP contribution < -0.4 is 5.32 Å². The van der Waals surface area contributed by atoms with Gasteiger partial charge in [-0.05, 0) is 31.9 Å². The van der Waals surface area contributed by atoms with Gasteiger partial charge in [0, 0.05) is 11.8 Å². The summed E-state index contributed by atoms with van der Waals surface area (Å²) in [6.07, 6.45) is 2.09. The number of thioether (sulfide) groups is 1. The van der Waals surface area contributed by atoms with E-state index in [4.69, 9.17) is 0 Å².